The smallest absolute Gasteiger partial charge is 0.264 e. The number of rotatable bonds is 7. The Balaban J connectivity index is 1.59. The van der Waals surface area contributed by atoms with Crippen LogP contribution in [0.2, 0.25) is 0 Å². The molecule has 1 atom stereocenters. The largest absolute Gasteiger partial charge is 0.375 e. The Morgan fingerprint density at radius 2 is 1.69 bits per heavy atom. The highest BCUT2D eigenvalue weighted by molar-refractivity contribution is 6.10. The van der Waals surface area contributed by atoms with E-state index >= 15 is 0 Å². The molecule has 1 unspecified atom stereocenters. The summed E-state index contributed by atoms with van der Waals surface area (Å²) in [5.41, 5.74) is 0.813. The van der Waals surface area contributed by atoms with Gasteiger partial charge in [-0.15, -0.1) is 0 Å². The minimum absolute atomic E-state index is 0.257. The highest BCUT2D eigenvalue weighted by Crippen LogP contribution is 2.42. The van der Waals surface area contributed by atoms with Gasteiger partial charge in [-0.05, 0) is 48.9 Å². The quantitative estimate of drug-likeness (QED) is 0.620. The van der Waals surface area contributed by atoms with E-state index < -0.39 is 11.5 Å². The lowest BCUT2D eigenvalue weighted by Crippen LogP contribution is -2.42. The first-order chi connectivity index (χ1) is 14.0. The predicted molar refractivity (Wildman–Crippen MR) is 112 cm³/mol. The van der Waals surface area contributed by atoms with E-state index in [0.29, 0.717) is 23.4 Å². The molecule has 1 aliphatic heterocycles. The summed E-state index contributed by atoms with van der Waals surface area (Å²) < 4.78 is 1.95. The first-order valence-electron chi connectivity index (χ1n) is 9.95. The number of ketones is 1. The van der Waals surface area contributed by atoms with Crippen LogP contribution < -0.4 is 4.90 Å². The molecular weight excluding hydrogens is 364 g/mol. The second-order valence-electron chi connectivity index (χ2n) is 7.42. The zero-order valence-corrected chi connectivity index (χ0v) is 16.4. The number of Topliss-reactive ketones (excluding diaryl/α,β-unsaturated/α-hetero) is 1. The lowest BCUT2D eigenvalue weighted by molar-refractivity contribution is -0.135. The van der Waals surface area contributed by atoms with Gasteiger partial charge in [-0.1, -0.05) is 31.5 Å². The summed E-state index contributed by atoms with van der Waals surface area (Å²) in [6.07, 6.45) is 5.37. The third-order valence-corrected chi connectivity index (χ3v) is 5.48. The number of carbonyl (C=O) groups is 2. The second-order valence-corrected chi connectivity index (χ2v) is 7.42. The summed E-state index contributed by atoms with van der Waals surface area (Å²) in [5, 5.41) is 11.3. The molecule has 5 nitrogen and oxygen atoms in total. The van der Waals surface area contributed by atoms with Gasteiger partial charge in [0.05, 0.1) is 12.1 Å². The summed E-state index contributed by atoms with van der Waals surface area (Å²) in [4.78, 5) is 27.6. The van der Waals surface area contributed by atoms with Crippen LogP contribution in [0, 0.1) is 0 Å². The number of hydrogen-bond acceptors (Lipinski definition) is 3. The number of aromatic nitrogens is 1. The van der Waals surface area contributed by atoms with Crippen LogP contribution in [0.1, 0.15) is 42.1 Å². The monoisotopic (exact) mass is 388 g/mol. The first-order valence-corrected chi connectivity index (χ1v) is 9.95. The van der Waals surface area contributed by atoms with Gasteiger partial charge < -0.3 is 14.6 Å². The van der Waals surface area contributed by atoms with Crippen LogP contribution in [0.5, 0.6) is 0 Å². The van der Waals surface area contributed by atoms with E-state index in [1.165, 1.54) is 0 Å². The predicted octanol–water partition coefficient (Wildman–Crippen LogP) is 4.08. The summed E-state index contributed by atoms with van der Waals surface area (Å²) in [5.74, 6) is -0.670. The molecule has 0 aliphatic carbocycles. The average Bonchev–Trinajstić information content (AvgIpc) is 3.34. The molecule has 148 valence electrons. The zero-order valence-electron chi connectivity index (χ0n) is 16.4. The topological polar surface area (TPSA) is 62.5 Å². The van der Waals surface area contributed by atoms with Crippen LogP contribution >= 0.6 is 0 Å². The normalized spacial score (nSPS) is 18.1. The van der Waals surface area contributed by atoms with Crippen LogP contribution in [-0.2, 0) is 10.4 Å². The van der Waals surface area contributed by atoms with Gasteiger partial charge in [0, 0.05) is 35.8 Å². The molecule has 5 heteroatoms. The molecule has 0 spiro atoms. The van der Waals surface area contributed by atoms with Crippen molar-refractivity contribution in [2.75, 3.05) is 11.4 Å². The van der Waals surface area contributed by atoms with Gasteiger partial charge in [0.2, 0.25) is 0 Å². The molecule has 29 heavy (non-hydrogen) atoms. The van der Waals surface area contributed by atoms with Gasteiger partial charge in [0.25, 0.3) is 5.91 Å². The van der Waals surface area contributed by atoms with Crippen LogP contribution in [0.15, 0.2) is 73.1 Å². The third kappa shape index (κ3) is 3.38. The molecule has 2 aromatic carbocycles. The number of anilines is 1. The standard InChI is InChI=1S/C24H24N2O3/c1-2-3-16-26-21-9-5-4-8-20(21)24(29,23(26)28)17-22(27)18-10-12-19(13-11-18)25-14-6-7-15-25/h4-15,29H,2-3,16-17H2,1H3. The van der Waals surface area contributed by atoms with Crippen molar-refractivity contribution in [1.29, 1.82) is 0 Å². The molecule has 0 saturated heterocycles. The van der Waals surface area contributed by atoms with Gasteiger partial charge in [0.1, 0.15) is 0 Å². The fourth-order valence-electron chi connectivity index (χ4n) is 3.88. The summed E-state index contributed by atoms with van der Waals surface area (Å²) >= 11 is 0. The van der Waals surface area contributed by atoms with Crippen molar-refractivity contribution in [3.8, 4) is 5.69 Å². The molecule has 0 bridgehead atoms. The number of aliphatic hydroxyl groups is 1. The lowest BCUT2D eigenvalue weighted by atomic mass is 9.88. The number of nitrogens with zero attached hydrogens (tertiary/aromatic N) is 2. The van der Waals surface area contributed by atoms with Crippen molar-refractivity contribution in [3.05, 3.63) is 84.2 Å². The molecular formula is C24H24N2O3. The molecule has 0 fully saturated rings. The Bertz CT molecular complexity index is 1020. The van der Waals surface area contributed by atoms with E-state index in [0.717, 1.165) is 18.5 Å². The zero-order chi connectivity index (χ0) is 20.4. The highest BCUT2D eigenvalue weighted by Gasteiger charge is 2.50. The van der Waals surface area contributed by atoms with E-state index in [2.05, 4.69) is 6.92 Å². The van der Waals surface area contributed by atoms with Gasteiger partial charge in [-0.2, -0.15) is 0 Å². The Hall–Kier alpha value is -3.18. The Morgan fingerprint density at radius 3 is 2.38 bits per heavy atom. The van der Waals surface area contributed by atoms with E-state index in [4.69, 9.17) is 0 Å². The number of benzene rings is 2. The molecule has 2 heterocycles. The van der Waals surface area contributed by atoms with Crippen LogP contribution in [0.4, 0.5) is 5.69 Å². The van der Waals surface area contributed by atoms with Gasteiger partial charge in [0.15, 0.2) is 11.4 Å². The Morgan fingerprint density at radius 1 is 1.00 bits per heavy atom. The minimum atomic E-state index is -1.82. The molecule has 1 N–H and O–H groups in total. The van der Waals surface area contributed by atoms with Crippen molar-refractivity contribution < 1.29 is 14.7 Å². The van der Waals surface area contributed by atoms with E-state index in [1.807, 2.05) is 53.4 Å². The van der Waals surface area contributed by atoms with Crippen molar-refractivity contribution in [2.24, 2.45) is 0 Å². The van der Waals surface area contributed by atoms with Crippen molar-refractivity contribution >= 4 is 17.4 Å². The second kappa shape index (κ2) is 7.68. The SMILES string of the molecule is CCCCN1C(=O)C(O)(CC(=O)c2ccc(-n3cccc3)cc2)c2ccccc21. The molecule has 1 aliphatic rings. The number of hydrogen-bond donors (Lipinski definition) is 1. The Kier molecular flexibility index (Phi) is 5.07. The number of amides is 1. The maximum atomic E-state index is 13.1. The fraction of sp³-hybridized carbons (Fsp3) is 0.250. The summed E-state index contributed by atoms with van der Waals surface area (Å²) in [6, 6.07) is 18.3. The molecule has 4 rings (SSSR count). The van der Waals surface area contributed by atoms with E-state index in [1.54, 1.807) is 29.2 Å². The van der Waals surface area contributed by atoms with Crippen molar-refractivity contribution in [1.82, 2.24) is 4.57 Å². The minimum Gasteiger partial charge on any atom is -0.375 e. The number of para-hydroxylation sites is 1. The van der Waals surface area contributed by atoms with Crippen molar-refractivity contribution in [3.63, 3.8) is 0 Å². The molecule has 3 aromatic rings. The molecule has 0 radical (unpaired) electrons. The highest BCUT2D eigenvalue weighted by atomic mass is 16.3. The van der Waals surface area contributed by atoms with Crippen LogP contribution in [0.3, 0.4) is 0 Å². The third-order valence-electron chi connectivity index (χ3n) is 5.48. The van der Waals surface area contributed by atoms with Gasteiger partial charge in [-0.25, -0.2) is 0 Å². The van der Waals surface area contributed by atoms with Crippen molar-refractivity contribution in [2.45, 2.75) is 31.8 Å². The number of unbranched alkanes of at least 4 members (excludes halogenated alkanes) is 1. The summed E-state index contributed by atoms with van der Waals surface area (Å²) in [6.45, 7) is 2.59. The molecule has 0 saturated carbocycles. The number of carbonyl (C=O) groups excluding carboxylic acids is 2. The van der Waals surface area contributed by atoms with E-state index in [9.17, 15) is 14.7 Å². The van der Waals surface area contributed by atoms with Gasteiger partial charge >= 0.3 is 0 Å². The van der Waals surface area contributed by atoms with Gasteiger partial charge in [-0.3, -0.25) is 9.59 Å². The molecule has 1 aromatic heterocycles. The first kappa shape index (κ1) is 19.2. The Labute approximate surface area is 170 Å². The lowest BCUT2D eigenvalue weighted by Gasteiger charge is -2.22. The number of fused-ring (bicyclic) bond motifs is 1. The van der Waals surface area contributed by atoms with Crippen LogP contribution in [0.25, 0.3) is 5.69 Å². The van der Waals surface area contributed by atoms with E-state index in [-0.39, 0.29) is 12.2 Å². The maximum absolute atomic E-state index is 13.1. The van der Waals surface area contributed by atoms with Crippen LogP contribution in [-0.4, -0.2) is 27.9 Å². The maximum Gasteiger partial charge on any atom is 0.264 e. The average molecular weight is 388 g/mol. The molecule has 1 amide bonds. The summed E-state index contributed by atoms with van der Waals surface area (Å²) in [7, 11) is 0. The fourth-order valence-corrected chi connectivity index (χ4v) is 3.88.